The molecule has 0 radical (unpaired) electrons. The summed E-state index contributed by atoms with van der Waals surface area (Å²) in [4.78, 5) is 13.6. The second kappa shape index (κ2) is 7.24. The molecule has 22 heavy (non-hydrogen) atoms. The number of hydrogen-bond acceptors (Lipinski definition) is 3. The molecule has 0 aliphatic carbocycles. The van der Waals surface area contributed by atoms with E-state index in [0.29, 0.717) is 6.54 Å². The molecule has 5 nitrogen and oxygen atoms in total. The Labute approximate surface area is 133 Å². The zero-order valence-electron chi connectivity index (χ0n) is 14.0. The van der Waals surface area contributed by atoms with Crippen LogP contribution in [0.15, 0.2) is 24.3 Å². The average molecular weight is 326 g/mol. The second-order valence-electron chi connectivity index (χ2n) is 6.24. The Morgan fingerprint density at radius 3 is 2.32 bits per heavy atom. The summed E-state index contributed by atoms with van der Waals surface area (Å²) in [5, 5.41) is 0. The quantitative estimate of drug-likeness (QED) is 0.872. The summed E-state index contributed by atoms with van der Waals surface area (Å²) in [5.41, 5.74) is 1.79. The fraction of sp³-hybridized carbons (Fsp3) is 0.562. The lowest BCUT2D eigenvalue weighted by atomic mass is 9.85. The van der Waals surface area contributed by atoms with Gasteiger partial charge in [-0.05, 0) is 24.0 Å². The number of carbonyl (C=O) groups excluding carboxylic acids is 1. The largest absolute Gasteiger partial charge is 0.311 e. The van der Waals surface area contributed by atoms with E-state index in [1.165, 1.54) is 6.92 Å². The van der Waals surface area contributed by atoms with Crippen molar-refractivity contribution in [1.29, 1.82) is 0 Å². The lowest BCUT2D eigenvalue weighted by Gasteiger charge is -2.29. The number of anilines is 1. The molecule has 1 N–H and O–H groups in total. The summed E-state index contributed by atoms with van der Waals surface area (Å²) in [5.74, 6) is -0.0709. The highest BCUT2D eigenvalue weighted by molar-refractivity contribution is 7.89. The maximum absolute atomic E-state index is 12.0. The Morgan fingerprint density at radius 2 is 1.82 bits per heavy atom. The van der Waals surface area contributed by atoms with Gasteiger partial charge in [-0.1, -0.05) is 39.0 Å². The first-order chi connectivity index (χ1) is 10.1. The van der Waals surface area contributed by atoms with Gasteiger partial charge in [0, 0.05) is 25.7 Å². The number of sulfonamides is 1. The first-order valence-electron chi connectivity index (χ1n) is 7.43. The zero-order chi connectivity index (χ0) is 17.0. The van der Waals surface area contributed by atoms with Crippen molar-refractivity contribution in [2.75, 3.05) is 23.7 Å². The van der Waals surface area contributed by atoms with Crippen LogP contribution < -0.4 is 9.62 Å². The molecule has 0 fully saturated rings. The maximum Gasteiger partial charge on any atom is 0.223 e. The molecule has 0 unspecified atom stereocenters. The van der Waals surface area contributed by atoms with Gasteiger partial charge in [-0.25, -0.2) is 13.1 Å². The van der Waals surface area contributed by atoms with Crippen LogP contribution in [0.2, 0.25) is 0 Å². The van der Waals surface area contributed by atoms with Crippen LogP contribution in [0.1, 0.15) is 40.2 Å². The Bertz CT molecular complexity index is 619. The van der Waals surface area contributed by atoms with Crippen molar-refractivity contribution in [2.45, 2.75) is 40.0 Å². The summed E-state index contributed by atoms with van der Waals surface area (Å²) < 4.78 is 25.5. The summed E-state index contributed by atoms with van der Waals surface area (Å²) >= 11 is 0. The highest BCUT2D eigenvalue weighted by Crippen LogP contribution is 2.31. The molecule has 1 amide bonds. The van der Waals surface area contributed by atoms with Crippen LogP contribution >= 0.6 is 0 Å². The Morgan fingerprint density at radius 1 is 1.23 bits per heavy atom. The molecule has 0 atom stereocenters. The van der Waals surface area contributed by atoms with Crippen LogP contribution in [0.25, 0.3) is 0 Å². The Kier molecular flexibility index (Phi) is 6.14. The summed E-state index contributed by atoms with van der Waals surface area (Å²) in [6.45, 7) is 9.85. The number of nitrogens with one attached hydrogen (secondary N) is 1. The highest BCUT2D eigenvalue weighted by Gasteiger charge is 2.22. The highest BCUT2D eigenvalue weighted by atomic mass is 32.2. The van der Waals surface area contributed by atoms with Gasteiger partial charge >= 0.3 is 0 Å². The SMILES string of the molecule is CCS(=O)(=O)NCCN(C(C)=O)c1ccccc1C(C)(C)C. The molecule has 0 heterocycles. The van der Waals surface area contributed by atoms with Gasteiger partial charge < -0.3 is 4.90 Å². The molecule has 0 bridgehead atoms. The number of amides is 1. The number of para-hydroxylation sites is 1. The summed E-state index contributed by atoms with van der Waals surface area (Å²) in [6, 6.07) is 7.73. The third-order valence-electron chi connectivity index (χ3n) is 3.42. The fourth-order valence-corrected chi connectivity index (χ4v) is 2.81. The average Bonchev–Trinajstić information content (AvgIpc) is 2.42. The molecule has 0 aliphatic heterocycles. The molecule has 1 aromatic carbocycles. The summed E-state index contributed by atoms with van der Waals surface area (Å²) in [6.07, 6.45) is 0. The van der Waals surface area contributed by atoms with Gasteiger partial charge in [-0.3, -0.25) is 4.79 Å². The zero-order valence-corrected chi connectivity index (χ0v) is 14.8. The lowest BCUT2D eigenvalue weighted by molar-refractivity contribution is -0.116. The van der Waals surface area contributed by atoms with Gasteiger partial charge in [-0.2, -0.15) is 0 Å². The standard InChI is InChI=1S/C16H26N2O3S/c1-6-22(20,21)17-11-12-18(13(2)19)15-10-8-7-9-14(15)16(3,4)5/h7-10,17H,6,11-12H2,1-5H3. The molecular formula is C16H26N2O3S. The van der Waals surface area contributed by atoms with Crippen LogP contribution in [-0.2, 0) is 20.2 Å². The van der Waals surface area contributed by atoms with Gasteiger partial charge in [0.15, 0.2) is 0 Å². The number of carbonyl (C=O) groups is 1. The number of hydrogen-bond donors (Lipinski definition) is 1. The Hall–Kier alpha value is -1.40. The smallest absolute Gasteiger partial charge is 0.223 e. The summed E-state index contributed by atoms with van der Waals surface area (Å²) in [7, 11) is -3.25. The minimum Gasteiger partial charge on any atom is -0.311 e. The van der Waals surface area contributed by atoms with Gasteiger partial charge in [0.05, 0.1) is 5.75 Å². The van der Waals surface area contributed by atoms with E-state index in [-0.39, 0.29) is 23.6 Å². The fourth-order valence-electron chi connectivity index (χ4n) is 2.21. The minimum atomic E-state index is -3.25. The van der Waals surface area contributed by atoms with Crippen molar-refractivity contribution in [3.05, 3.63) is 29.8 Å². The van der Waals surface area contributed by atoms with Crippen molar-refractivity contribution in [3.8, 4) is 0 Å². The molecule has 0 spiro atoms. The van der Waals surface area contributed by atoms with E-state index < -0.39 is 10.0 Å². The van der Waals surface area contributed by atoms with Gasteiger partial charge in [0.1, 0.15) is 0 Å². The molecule has 0 saturated carbocycles. The molecule has 0 aliphatic rings. The first kappa shape index (κ1) is 18.6. The predicted octanol–water partition coefficient (Wildman–Crippen LogP) is 2.28. The van der Waals surface area contributed by atoms with Gasteiger partial charge in [0.25, 0.3) is 0 Å². The molecule has 0 saturated heterocycles. The van der Waals surface area contributed by atoms with Crippen molar-refractivity contribution < 1.29 is 13.2 Å². The third kappa shape index (κ3) is 5.10. The van der Waals surface area contributed by atoms with Gasteiger partial charge in [0.2, 0.25) is 15.9 Å². The first-order valence-corrected chi connectivity index (χ1v) is 9.08. The van der Waals surface area contributed by atoms with Crippen LogP contribution in [0, 0.1) is 0 Å². The minimum absolute atomic E-state index is 0.0334. The predicted molar refractivity (Wildman–Crippen MR) is 90.6 cm³/mol. The van der Waals surface area contributed by atoms with Crippen LogP contribution in [0.5, 0.6) is 0 Å². The maximum atomic E-state index is 12.0. The van der Waals surface area contributed by atoms with Crippen molar-refractivity contribution in [2.24, 2.45) is 0 Å². The van der Waals surface area contributed by atoms with E-state index in [4.69, 9.17) is 0 Å². The van der Waals surface area contributed by atoms with E-state index in [0.717, 1.165) is 11.3 Å². The number of nitrogens with zero attached hydrogens (tertiary/aromatic N) is 1. The normalized spacial score (nSPS) is 12.2. The van der Waals surface area contributed by atoms with E-state index in [1.54, 1.807) is 11.8 Å². The molecule has 1 aromatic rings. The topological polar surface area (TPSA) is 66.5 Å². The molecule has 6 heteroatoms. The van der Waals surface area contributed by atoms with Gasteiger partial charge in [-0.15, -0.1) is 0 Å². The molecular weight excluding hydrogens is 300 g/mol. The Balaban J connectivity index is 3.01. The molecule has 0 aromatic heterocycles. The van der Waals surface area contributed by atoms with Crippen molar-refractivity contribution >= 4 is 21.6 Å². The lowest BCUT2D eigenvalue weighted by Crippen LogP contribution is -2.39. The van der Waals surface area contributed by atoms with E-state index in [9.17, 15) is 13.2 Å². The molecule has 124 valence electrons. The monoisotopic (exact) mass is 326 g/mol. The second-order valence-corrected chi connectivity index (χ2v) is 8.33. The number of benzene rings is 1. The van der Waals surface area contributed by atoms with E-state index in [1.807, 2.05) is 24.3 Å². The molecule has 1 rings (SSSR count). The van der Waals surface area contributed by atoms with Crippen LogP contribution in [0.3, 0.4) is 0 Å². The van der Waals surface area contributed by atoms with E-state index in [2.05, 4.69) is 25.5 Å². The number of rotatable bonds is 6. The van der Waals surface area contributed by atoms with E-state index >= 15 is 0 Å². The van der Waals surface area contributed by atoms with Crippen molar-refractivity contribution in [1.82, 2.24) is 4.72 Å². The third-order valence-corrected chi connectivity index (χ3v) is 4.82. The van der Waals surface area contributed by atoms with Crippen LogP contribution in [0.4, 0.5) is 5.69 Å². The van der Waals surface area contributed by atoms with Crippen LogP contribution in [-0.4, -0.2) is 33.2 Å². The van der Waals surface area contributed by atoms with Crippen molar-refractivity contribution in [3.63, 3.8) is 0 Å².